The van der Waals surface area contributed by atoms with Crippen molar-refractivity contribution in [1.82, 2.24) is 4.72 Å². The van der Waals surface area contributed by atoms with Gasteiger partial charge in [-0.2, -0.15) is 13.2 Å². The zero-order valence-electron chi connectivity index (χ0n) is 15.4. The van der Waals surface area contributed by atoms with Gasteiger partial charge in [0.1, 0.15) is 6.04 Å². The summed E-state index contributed by atoms with van der Waals surface area (Å²) in [4.78, 5) is 24.3. The molecule has 0 spiro atoms. The third-order valence-corrected chi connectivity index (χ3v) is 4.27. The van der Waals surface area contributed by atoms with Crippen LogP contribution in [0.3, 0.4) is 0 Å². The number of halogens is 3. The Morgan fingerprint density at radius 2 is 1.28 bits per heavy atom. The van der Waals surface area contributed by atoms with Crippen LogP contribution in [-0.2, 0) is 30.0 Å². The van der Waals surface area contributed by atoms with Crippen molar-refractivity contribution < 1.29 is 36.4 Å². The summed E-state index contributed by atoms with van der Waals surface area (Å²) in [5, 5.41) is 0. The normalized spacial score (nSPS) is 15.4. The number of ether oxygens (including phenoxy) is 2. The van der Waals surface area contributed by atoms with Crippen LogP contribution in [0.1, 0.15) is 48.5 Å². The minimum atomic E-state index is -5.03. The summed E-state index contributed by atoms with van der Waals surface area (Å²) >= 11 is 0. The largest absolute Gasteiger partial charge is 0.462 e. The molecule has 25 heavy (non-hydrogen) atoms. The van der Waals surface area contributed by atoms with Gasteiger partial charge in [0.15, 0.2) is 5.92 Å². The number of alkyl halides is 3. The molecular weight excluding hydrogens is 363 g/mol. The van der Waals surface area contributed by atoms with Crippen LogP contribution in [0.5, 0.6) is 0 Å². The molecular formula is C15H26F3NO5S. The lowest BCUT2D eigenvalue weighted by Crippen LogP contribution is -2.56. The smallest absolute Gasteiger partial charge is 0.406 e. The van der Waals surface area contributed by atoms with Crippen molar-refractivity contribution >= 4 is 22.9 Å². The van der Waals surface area contributed by atoms with Crippen LogP contribution in [0.4, 0.5) is 13.2 Å². The van der Waals surface area contributed by atoms with Crippen molar-refractivity contribution in [3.8, 4) is 0 Å². The molecule has 6 nitrogen and oxygen atoms in total. The maximum atomic E-state index is 13.5. The number of nitrogens with one attached hydrogen (secondary N) is 1. The maximum Gasteiger partial charge on any atom is 0.406 e. The van der Waals surface area contributed by atoms with E-state index in [0.29, 0.717) is 0 Å². The lowest BCUT2D eigenvalue weighted by molar-refractivity contribution is -0.192. The Morgan fingerprint density at radius 1 is 0.920 bits per heavy atom. The topological polar surface area (TPSA) is 81.7 Å². The van der Waals surface area contributed by atoms with Crippen LogP contribution < -0.4 is 4.72 Å². The van der Waals surface area contributed by atoms with Crippen LogP contribution in [0, 0.1) is 5.92 Å². The molecule has 0 saturated heterocycles. The van der Waals surface area contributed by atoms with E-state index in [1.54, 1.807) is 0 Å². The SMILES string of the molecule is CC(C)OC(=O)C(C(=O)OC(C)C)[C@@H](NS(=O)C(C)(C)C)C(F)(F)F. The van der Waals surface area contributed by atoms with Crippen LogP contribution in [0.2, 0.25) is 0 Å². The molecule has 0 heterocycles. The molecule has 0 saturated carbocycles. The van der Waals surface area contributed by atoms with E-state index in [1.165, 1.54) is 48.5 Å². The van der Waals surface area contributed by atoms with Gasteiger partial charge in [-0.05, 0) is 48.5 Å². The van der Waals surface area contributed by atoms with Gasteiger partial charge >= 0.3 is 18.1 Å². The van der Waals surface area contributed by atoms with Gasteiger partial charge in [0, 0.05) is 0 Å². The molecule has 0 amide bonds. The fourth-order valence-corrected chi connectivity index (χ4v) is 2.45. The molecule has 0 aliphatic heterocycles. The van der Waals surface area contributed by atoms with Crippen LogP contribution in [-0.4, -0.2) is 45.3 Å². The van der Waals surface area contributed by atoms with E-state index in [4.69, 9.17) is 9.47 Å². The fraction of sp³-hybridized carbons (Fsp3) is 0.867. The van der Waals surface area contributed by atoms with E-state index in [2.05, 4.69) is 0 Å². The minimum Gasteiger partial charge on any atom is -0.462 e. The first-order valence-electron chi connectivity index (χ1n) is 7.73. The summed E-state index contributed by atoms with van der Waals surface area (Å²) in [5.74, 6) is -5.10. The molecule has 0 aliphatic carbocycles. The van der Waals surface area contributed by atoms with Gasteiger partial charge < -0.3 is 9.47 Å². The highest BCUT2D eigenvalue weighted by Crippen LogP contribution is 2.29. The second-order valence-electron chi connectivity index (χ2n) is 6.97. The molecule has 0 aliphatic rings. The summed E-state index contributed by atoms with van der Waals surface area (Å²) in [5.41, 5.74) is 0. The van der Waals surface area contributed by atoms with E-state index in [9.17, 15) is 27.0 Å². The molecule has 0 aromatic carbocycles. The highest BCUT2D eigenvalue weighted by atomic mass is 32.2. The molecule has 148 valence electrons. The molecule has 1 N–H and O–H groups in total. The highest BCUT2D eigenvalue weighted by molar-refractivity contribution is 7.84. The van der Waals surface area contributed by atoms with Crippen LogP contribution >= 0.6 is 0 Å². The van der Waals surface area contributed by atoms with Crippen molar-refractivity contribution in [3.63, 3.8) is 0 Å². The maximum absolute atomic E-state index is 13.5. The number of hydrogen-bond acceptors (Lipinski definition) is 5. The van der Waals surface area contributed by atoms with Gasteiger partial charge in [-0.3, -0.25) is 9.59 Å². The first-order valence-corrected chi connectivity index (χ1v) is 8.88. The number of esters is 2. The van der Waals surface area contributed by atoms with Crippen LogP contribution in [0.25, 0.3) is 0 Å². The molecule has 0 radical (unpaired) electrons. The van der Waals surface area contributed by atoms with E-state index in [0.717, 1.165) is 0 Å². The number of hydrogen-bond donors (Lipinski definition) is 1. The molecule has 0 aromatic heterocycles. The zero-order chi connectivity index (χ0) is 20.2. The Balaban J connectivity index is 5.86. The van der Waals surface area contributed by atoms with Gasteiger partial charge in [0.25, 0.3) is 0 Å². The Hall–Kier alpha value is -1.16. The predicted molar refractivity (Wildman–Crippen MR) is 86.8 cm³/mol. The van der Waals surface area contributed by atoms with Gasteiger partial charge in [-0.15, -0.1) is 0 Å². The Morgan fingerprint density at radius 3 is 1.52 bits per heavy atom. The van der Waals surface area contributed by atoms with Gasteiger partial charge in [-0.25, -0.2) is 8.93 Å². The monoisotopic (exact) mass is 389 g/mol. The first kappa shape index (κ1) is 23.8. The molecule has 1 unspecified atom stereocenters. The van der Waals surface area contributed by atoms with Crippen molar-refractivity contribution in [2.45, 2.75) is 77.6 Å². The summed E-state index contributed by atoms with van der Waals surface area (Å²) < 4.78 is 63.0. The molecule has 10 heteroatoms. The molecule has 0 fully saturated rings. The van der Waals surface area contributed by atoms with Crippen LogP contribution in [0.15, 0.2) is 0 Å². The second-order valence-corrected chi connectivity index (χ2v) is 8.97. The number of rotatable bonds is 7. The first-order chi connectivity index (χ1) is 11.1. The van der Waals surface area contributed by atoms with Crippen molar-refractivity contribution in [1.29, 1.82) is 0 Å². The van der Waals surface area contributed by atoms with Crippen molar-refractivity contribution in [2.24, 2.45) is 5.92 Å². The summed E-state index contributed by atoms with van der Waals surface area (Å²) in [6.45, 7) is 10.1. The Bertz CT molecular complexity index is 478. The molecule has 0 rings (SSSR count). The molecule has 0 aromatic rings. The van der Waals surface area contributed by atoms with Crippen molar-refractivity contribution in [3.05, 3.63) is 0 Å². The lowest BCUT2D eigenvalue weighted by Gasteiger charge is -2.30. The Labute approximate surface area is 148 Å². The molecule has 0 bridgehead atoms. The van der Waals surface area contributed by atoms with E-state index >= 15 is 0 Å². The van der Waals surface area contributed by atoms with E-state index in [1.807, 2.05) is 4.72 Å². The number of carbonyl (C=O) groups is 2. The van der Waals surface area contributed by atoms with Gasteiger partial charge in [-0.1, -0.05) is 0 Å². The standard InChI is InChI=1S/C15H26F3NO5S/c1-8(2)23-12(20)10(13(21)24-9(3)4)11(15(16,17)18)19-25(22)14(5,6)7/h8-11,19H,1-7H3/t11-,25?/m1/s1. The third kappa shape index (κ3) is 8.17. The Kier molecular flexibility index (Phi) is 8.56. The second kappa shape index (κ2) is 8.98. The summed E-state index contributed by atoms with van der Waals surface area (Å²) in [7, 11) is -2.18. The quantitative estimate of drug-likeness (QED) is 0.534. The van der Waals surface area contributed by atoms with Crippen molar-refractivity contribution in [2.75, 3.05) is 0 Å². The third-order valence-electron chi connectivity index (χ3n) is 2.69. The molecule has 2 atom stereocenters. The minimum absolute atomic E-state index is 0.733. The van der Waals surface area contributed by atoms with E-state index < -0.39 is 58.0 Å². The predicted octanol–water partition coefficient (Wildman–Crippen LogP) is 2.49. The number of carbonyl (C=O) groups excluding carboxylic acids is 2. The highest BCUT2D eigenvalue weighted by Gasteiger charge is 2.54. The summed E-state index contributed by atoms with van der Waals surface area (Å²) in [6, 6.07) is -2.70. The fourth-order valence-electron chi connectivity index (χ4n) is 1.60. The lowest BCUT2D eigenvalue weighted by atomic mass is 10.00. The van der Waals surface area contributed by atoms with E-state index in [-0.39, 0.29) is 0 Å². The van der Waals surface area contributed by atoms with Gasteiger partial charge in [0.2, 0.25) is 0 Å². The average molecular weight is 389 g/mol. The zero-order valence-corrected chi connectivity index (χ0v) is 16.2. The van der Waals surface area contributed by atoms with Gasteiger partial charge in [0.05, 0.1) is 27.9 Å². The summed E-state index contributed by atoms with van der Waals surface area (Å²) in [6.07, 6.45) is -6.50. The average Bonchev–Trinajstić information content (AvgIpc) is 2.33.